The highest BCUT2D eigenvalue weighted by Crippen LogP contribution is 2.15. The van der Waals surface area contributed by atoms with E-state index in [2.05, 4.69) is 11.9 Å². The van der Waals surface area contributed by atoms with Crippen LogP contribution < -0.4 is 0 Å². The number of aryl methyl sites for hydroxylation is 1. The summed E-state index contributed by atoms with van der Waals surface area (Å²) in [5.41, 5.74) is 2.03. The molecule has 0 aliphatic heterocycles. The van der Waals surface area contributed by atoms with Crippen LogP contribution in [0, 0.1) is 6.92 Å². The van der Waals surface area contributed by atoms with Crippen LogP contribution in [0.1, 0.15) is 25.6 Å². The van der Waals surface area contributed by atoms with Gasteiger partial charge in [-0.3, -0.25) is 0 Å². The number of para-hydroxylation sites is 2. The Bertz CT molecular complexity index is 522. The Morgan fingerprint density at radius 1 is 1.37 bits per heavy atom. The van der Waals surface area contributed by atoms with E-state index >= 15 is 0 Å². The Kier molecular flexibility index (Phi) is 4.93. The van der Waals surface area contributed by atoms with Gasteiger partial charge in [0.05, 0.1) is 30.3 Å². The summed E-state index contributed by atoms with van der Waals surface area (Å²) in [7, 11) is 0. The number of hydrogen-bond acceptors (Lipinski definition) is 3. The number of imidazole rings is 1. The zero-order chi connectivity index (χ0) is 13.7. The normalized spacial score (nSPS) is 13.0. The molecule has 0 unspecified atom stereocenters. The van der Waals surface area contributed by atoms with Crippen LogP contribution in [-0.4, -0.2) is 34.0 Å². The summed E-state index contributed by atoms with van der Waals surface area (Å²) < 4.78 is 7.50. The van der Waals surface area contributed by atoms with E-state index in [1.54, 1.807) is 0 Å². The van der Waals surface area contributed by atoms with Crippen LogP contribution in [-0.2, 0) is 11.3 Å². The molecule has 2 rings (SSSR count). The first-order chi connectivity index (χ1) is 9.22. The van der Waals surface area contributed by atoms with E-state index < -0.39 is 6.10 Å². The first kappa shape index (κ1) is 14.0. The summed E-state index contributed by atoms with van der Waals surface area (Å²) in [6.45, 7) is 5.72. The number of hydrogen-bond donors (Lipinski definition) is 1. The van der Waals surface area contributed by atoms with E-state index in [1.807, 2.05) is 35.8 Å². The lowest BCUT2D eigenvalue weighted by molar-refractivity contribution is 0.0274. The van der Waals surface area contributed by atoms with Gasteiger partial charge in [-0.15, -0.1) is 0 Å². The van der Waals surface area contributed by atoms with Crippen molar-refractivity contribution >= 4 is 11.0 Å². The maximum atomic E-state index is 10.0. The lowest BCUT2D eigenvalue weighted by atomic mass is 10.3. The molecular weight excluding hydrogens is 240 g/mol. The summed E-state index contributed by atoms with van der Waals surface area (Å²) >= 11 is 0. The zero-order valence-corrected chi connectivity index (χ0v) is 11.7. The molecule has 1 N–H and O–H groups in total. The highest BCUT2D eigenvalue weighted by atomic mass is 16.5. The topological polar surface area (TPSA) is 47.3 Å². The minimum Gasteiger partial charge on any atom is -0.389 e. The Labute approximate surface area is 114 Å². The van der Waals surface area contributed by atoms with Crippen molar-refractivity contribution in [2.24, 2.45) is 0 Å². The van der Waals surface area contributed by atoms with Crippen molar-refractivity contribution < 1.29 is 9.84 Å². The number of nitrogens with zero attached hydrogens (tertiary/aromatic N) is 2. The van der Waals surface area contributed by atoms with Crippen molar-refractivity contribution in [1.29, 1.82) is 0 Å². The van der Waals surface area contributed by atoms with E-state index in [1.165, 1.54) is 0 Å². The summed E-state index contributed by atoms with van der Waals surface area (Å²) in [5, 5.41) is 10.0. The van der Waals surface area contributed by atoms with Gasteiger partial charge in [0.1, 0.15) is 5.82 Å². The molecule has 1 aromatic carbocycles. The highest BCUT2D eigenvalue weighted by molar-refractivity contribution is 5.75. The first-order valence-corrected chi connectivity index (χ1v) is 6.90. The van der Waals surface area contributed by atoms with Gasteiger partial charge in [-0.25, -0.2) is 4.98 Å². The van der Waals surface area contributed by atoms with Gasteiger partial charge >= 0.3 is 0 Å². The molecule has 1 atom stereocenters. The first-order valence-electron chi connectivity index (χ1n) is 6.90. The molecule has 0 fully saturated rings. The van der Waals surface area contributed by atoms with E-state index in [0.29, 0.717) is 13.2 Å². The number of benzene rings is 1. The van der Waals surface area contributed by atoms with Crippen molar-refractivity contribution in [3.8, 4) is 0 Å². The number of fused-ring (bicyclic) bond motifs is 1. The third kappa shape index (κ3) is 3.55. The molecule has 0 saturated carbocycles. The number of aromatic nitrogens is 2. The fourth-order valence-electron chi connectivity index (χ4n) is 2.16. The maximum Gasteiger partial charge on any atom is 0.106 e. The van der Waals surface area contributed by atoms with Gasteiger partial charge in [0.15, 0.2) is 0 Å². The van der Waals surface area contributed by atoms with E-state index in [-0.39, 0.29) is 0 Å². The van der Waals surface area contributed by atoms with Gasteiger partial charge in [-0.1, -0.05) is 25.5 Å². The van der Waals surface area contributed by atoms with Crippen LogP contribution in [0.2, 0.25) is 0 Å². The average molecular weight is 262 g/mol. The lowest BCUT2D eigenvalue weighted by Crippen LogP contribution is -2.22. The number of unbranched alkanes of at least 4 members (excludes halogenated alkanes) is 1. The van der Waals surface area contributed by atoms with Crippen LogP contribution in [0.4, 0.5) is 0 Å². The Balaban J connectivity index is 1.98. The second kappa shape index (κ2) is 6.68. The number of rotatable bonds is 7. The van der Waals surface area contributed by atoms with Gasteiger partial charge in [-0.05, 0) is 25.5 Å². The highest BCUT2D eigenvalue weighted by Gasteiger charge is 2.11. The Hall–Kier alpha value is -1.39. The molecule has 0 amide bonds. The molecule has 4 nitrogen and oxygen atoms in total. The maximum absolute atomic E-state index is 10.0. The average Bonchev–Trinajstić information content (AvgIpc) is 2.72. The molecule has 0 saturated heterocycles. The van der Waals surface area contributed by atoms with Crippen molar-refractivity contribution in [2.45, 2.75) is 39.3 Å². The summed E-state index contributed by atoms with van der Waals surface area (Å²) in [5.74, 6) is 0.925. The Morgan fingerprint density at radius 3 is 2.95 bits per heavy atom. The Morgan fingerprint density at radius 2 is 2.16 bits per heavy atom. The molecule has 0 spiro atoms. The van der Waals surface area contributed by atoms with Gasteiger partial charge in [0.2, 0.25) is 0 Å². The molecule has 2 aromatic rings. The smallest absolute Gasteiger partial charge is 0.106 e. The van der Waals surface area contributed by atoms with Gasteiger partial charge in [0, 0.05) is 6.61 Å². The van der Waals surface area contributed by atoms with Crippen molar-refractivity contribution in [1.82, 2.24) is 9.55 Å². The van der Waals surface area contributed by atoms with Crippen molar-refractivity contribution in [3.05, 3.63) is 30.1 Å². The van der Waals surface area contributed by atoms with E-state index in [9.17, 15) is 5.11 Å². The number of aliphatic hydroxyl groups excluding tert-OH is 1. The molecule has 0 aliphatic carbocycles. The molecule has 104 valence electrons. The lowest BCUT2D eigenvalue weighted by Gasteiger charge is -2.13. The van der Waals surface area contributed by atoms with Crippen LogP contribution in [0.3, 0.4) is 0 Å². The van der Waals surface area contributed by atoms with Crippen molar-refractivity contribution in [2.75, 3.05) is 13.2 Å². The van der Waals surface area contributed by atoms with Crippen LogP contribution in [0.15, 0.2) is 24.3 Å². The fourth-order valence-corrected chi connectivity index (χ4v) is 2.16. The minimum atomic E-state index is -0.492. The summed E-state index contributed by atoms with van der Waals surface area (Å²) in [6, 6.07) is 7.98. The molecule has 19 heavy (non-hydrogen) atoms. The SMILES string of the molecule is CCCCOC[C@H](O)Cn1c(C)nc2ccccc21. The molecule has 1 aromatic heterocycles. The minimum absolute atomic E-state index is 0.381. The second-order valence-electron chi connectivity index (χ2n) is 4.84. The van der Waals surface area contributed by atoms with Gasteiger partial charge in [-0.2, -0.15) is 0 Å². The zero-order valence-electron chi connectivity index (χ0n) is 11.7. The third-order valence-electron chi connectivity index (χ3n) is 3.19. The second-order valence-corrected chi connectivity index (χ2v) is 4.84. The third-order valence-corrected chi connectivity index (χ3v) is 3.19. The van der Waals surface area contributed by atoms with E-state index in [4.69, 9.17) is 4.74 Å². The van der Waals surface area contributed by atoms with Crippen LogP contribution >= 0.6 is 0 Å². The fraction of sp³-hybridized carbons (Fsp3) is 0.533. The van der Waals surface area contributed by atoms with Gasteiger partial charge in [0.25, 0.3) is 0 Å². The molecule has 0 bridgehead atoms. The monoisotopic (exact) mass is 262 g/mol. The molecule has 0 aliphatic rings. The molecule has 4 heteroatoms. The molecular formula is C15H22N2O2. The quantitative estimate of drug-likeness (QED) is 0.780. The number of ether oxygens (including phenoxy) is 1. The summed E-state index contributed by atoms with van der Waals surface area (Å²) in [6.07, 6.45) is 1.66. The van der Waals surface area contributed by atoms with Gasteiger partial charge < -0.3 is 14.4 Å². The van der Waals surface area contributed by atoms with E-state index in [0.717, 1.165) is 36.3 Å². The predicted octanol–water partition coefficient (Wildman–Crippen LogP) is 2.52. The van der Waals surface area contributed by atoms with Crippen molar-refractivity contribution in [3.63, 3.8) is 0 Å². The predicted molar refractivity (Wildman–Crippen MR) is 76.2 cm³/mol. The van der Waals surface area contributed by atoms with Crippen LogP contribution in [0.25, 0.3) is 11.0 Å². The summed E-state index contributed by atoms with van der Waals surface area (Å²) in [4.78, 5) is 4.49. The molecule has 0 radical (unpaired) electrons. The molecule has 1 heterocycles. The largest absolute Gasteiger partial charge is 0.389 e. The number of aliphatic hydroxyl groups is 1. The standard InChI is InChI=1S/C15H22N2O2/c1-3-4-9-19-11-13(18)10-17-12(2)16-14-7-5-6-8-15(14)17/h5-8,13,18H,3-4,9-11H2,1-2H3/t13-/m1/s1. The van der Waals surface area contributed by atoms with Crippen LogP contribution in [0.5, 0.6) is 0 Å².